The number of hydrogen-bond acceptors (Lipinski definition) is 3. The standard InChI is InChI=1S/C14H18IN3O/c1-4-19-12-7-5-11(6-8-12)10(3)18-14(16)13(15)9(2)17-18/h5-8,10H,4,16H2,1-3H3. The Morgan fingerprint density at radius 3 is 2.47 bits per heavy atom. The molecule has 2 N–H and O–H groups in total. The van der Waals surface area contributed by atoms with Crippen LogP contribution in [0.3, 0.4) is 0 Å². The van der Waals surface area contributed by atoms with Gasteiger partial charge in [0.15, 0.2) is 0 Å². The van der Waals surface area contributed by atoms with Crippen LogP contribution in [0.2, 0.25) is 0 Å². The van der Waals surface area contributed by atoms with E-state index in [4.69, 9.17) is 10.5 Å². The van der Waals surface area contributed by atoms with Crippen LogP contribution in [-0.4, -0.2) is 16.4 Å². The van der Waals surface area contributed by atoms with Gasteiger partial charge in [0.25, 0.3) is 0 Å². The van der Waals surface area contributed by atoms with Gasteiger partial charge in [-0.1, -0.05) is 12.1 Å². The Labute approximate surface area is 127 Å². The van der Waals surface area contributed by atoms with Gasteiger partial charge in [-0.3, -0.25) is 0 Å². The van der Waals surface area contributed by atoms with Crippen molar-refractivity contribution in [3.63, 3.8) is 0 Å². The molecule has 5 heteroatoms. The fourth-order valence-corrected chi connectivity index (χ4v) is 2.35. The van der Waals surface area contributed by atoms with Crippen LogP contribution < -0.4 is 10.5 Å². The Kier molecular flexibility index (Phi) is 4.34. The molecule has 2 aromatic rings. The molecular weight excluding hydrogens is 353 g/mol. The number of nitrogens with zero attached hydrogens (tertiary/aromatic N) is 2. The van der Waals surface area contributed by atoms with Crippen molar-refractivity contribution in [3.05, 3.63) is 39.1 Å². The number of rotatable bonds is 4. The first kappa shape index (κ1) is 14.2. The van der Waals surface area contributed by atoms with E-state index in [1.807, 2.05) is 30.7 Å². The number of ether oxygens (including phenoxy) is 1. The monoisotopic (exact) mass is 371 g/mol. The van der Waals surface area contributed by atoms with Gasteiger partial charge in [0.2, 0.25) is 0 Å². The van der Waals surface area contributed by atoms with Gasteiger partial charge in [-0.2, -0.15) is 5.10 Å². The third-order valence-electron chi connectivity index (χ3n) is 3.09. The molecule has 1 heterocycles. The summed E-state index contributed by atoms with van der Waals surface area (Å²) in [5, 5.41) is 4.50. The Bertz CT molecular complexity index is 563. The SMILES string of the molecule is CCOc1ccc(C(C)n2nc(C)c(I)c2N)cc1. The van der Waals surface area contributed by atoms with E-state index in [0.29, 0.717) is 6.61 Å². The number of benzene rings is 1. The lowest BCUT2D eigenvalue weighted by atomic mass is 10.1. The average molecular weight is 371 g/mol. The maximum atomic E-state index is 6.09. The van der Waals surface area contributed by atoms with Crippen LogP contribution in [-0.2, 0) is 0 Å². The summed E-state index contributed by atoms with van der Waals surface area (Å²) in [6.07, 6.45) is 0. The van der Waals surface area contributed by atoms with Gasteiger partial charge >= 0.3 is 0 Å². The van der Waals surface area contributed by atoms with Crippen molar-refractivity contribution in [1.29, 1.82) is 0 Å². The number of nitrogen functional groups attached to an aromatic ring is 1. The predicted octanol–water partition coefficient (Wildman–Crippen LogP) is 3.39. The van der Waals surface area contributed by atoms with E-state index < -0.39 is 0 Å². The Morgan fingerprint density at radius 2 is 2.00 bits per heavy atom. The summed E-state index contributed by atoms with van der Waals surface area (Å²) in [7, 11) is 0. The second-order valence-electron chi connectivity index (χ2n) is 4.41. The van der Waals surface area contributed by atoms with Crippen molar-refractivity contribution in [2.75, 3.05) is 12.3 Å². The van der Waals surface area contributed by atoms with Crippen molar-refractivity contribution in [1.82, 2.24) is 9.78 Å². The zero-order chi connectivity index (χ0) is 14.0. The summed E-state index contributed by atoms with van der Waals surface area (Å²) in [5.41, 5.74) is 8.22. The Balaban J connectivity index is 2.28. The molecule has 1 unspecified atom stereocenters. The topological polar surface area (TPSA) is 53.1 Å². The highest BCUT2D eigenvalue weighted by molar-refractivity contribution is 14.1. The van der Waals surface area contributed by atoms with Crippen molar-refractivity contribution in [2.24, 2.45) is 0 Å². The molecule has 0 amide bonds. The summed E-state index contributed by atoms with van der Waals surface area (Å²) < 4.78 is 8.34. The number of aromatic nitrogens is 2. The lowest BCUT2D eigenvalue weighted by molar-refractivity contribution is 0.340. The highest BCUT2D eigenvalue weighted by Gasteiger charge is 2.16. The molecule has 0 saturated heterocycles. The highest BCUT2D eigenvalue weighted by Crippen LogP contribution is 2.26. The zero-order valence-electron chi connectivity index (χ0n) is 11.4. The lowest BCUT2D eigenvalue weighted by Gasteiger charge is -2.15. The van der Waals surface area contributed by atoms with Crippen LogP contribution in [0.4, 0.5) is 5.82 Å². The van der Waals surface area contributed by atoms with Gasteiger partial charge < -0.3 is 10.5 Å². The summed E-state index contributed by atoms with van der Waals surface area (Å²) in [5.74, 6) is 1.61. The molecule has 19 heavy (non-hydrogen) atoms. The van der Waals surface area contributed by atoms with Gasteiger partial charge in [-0.05, 0) is 61.1 Å². The molecule has 102 valence electrons. The smallest absolute Gasteiger partial charge is 0.136 e. The van der Waals surface area contributed by atoms with Gasteiger partial charge in [0.05, 0.1) is 21.9 Å². The van der Waals surface area contributed by atoms with Crippen LogP contribution in [0.1, 0.15) is 31.1 Å². The molecule has 0 saturated carbocycles. The van der Waals surface area contributed by atoms with Crippen LogP contribution in [0, 0.1) is 10.5 Å². The van der Waals surface area contributed by atoms with E-state index in [2.05, 4.69) is 46.7 Å². The van der Waals surface area contributed by atoms with Crippen LogP contribution >= 0.6 is 22.6 Å². The van der Waals surface area contributed by atoms with E-state index in [9.17, 15) is 0 Å². The van der Waals surface area contributed by atoms with Crippen molar-refractivity contribution >= 4 is 28.4 Å². The Morgan fingerprint density at radius 1 is 1.37 bits per heavy atom. The molecule has 0 fully saturated rings. The molecule has 0 radical (unpaired) electrons. The van der Waals surface area contributed by atoms with Gasteiger partial charge in [-0.15, -0.1) is 0 Å². The largest absolute Gasteiger partial charge is 0.494 e. The van der Waals surface area contributed by atoms with E-state index >= 15 is 0 Å². The normalized spacial score (nSPS) is 12.4. The maximum absolute atomic E-state index is 6.09. The van der Waals surface area contributed by atoms with E-state index in [1.165, 1.54) is 0 Å². The fourth-order valence-electron chi connectivity index (χ4n) is 1.99. The number of nitrogens with two attached hydrogens (primary N) is 1. The van der Waals surface area contributed by atoms with E-state index in [-0.39, 0.29) is 6.04 Å². The number of aryl methyl sites for hydroxylation is 1. The van der Waals surface area contributed by atoms with Crippen molar-refractivity contribution in [3.8, 4) is 5.75 Å². The van der Waals surface area contributed by atoms with Crippen LogP contribution in [0.5, 0.6) is 5.75 Å². The first-order valence-corrected chi connectivity index (χ1v) is 7.35. The lowest BCUT2D eigenvalue weighted by Crippen LogP contribution is -2.11. The maximum Gasteiger partial charge on any atom is 0.136 e. The van der Waals surface area contributed by atoms with E-state index in [0.717, 1.165) is 26.4 Å². The van der Waals surface area contributed by atoms with Gasteiger partial charge in [0.1, 0.15) is 11.6 Å². The zero-order valence-corrected chi connectivity index (χ0v) is 13.5. The summed E-state index contributed by atoms with van der Waals surface area (Å²) in [4.78, 5) is 0. The van der Waals surface area contributed by atoms with Crippen molar-refractivity contribution < 1.29 is 4.74 Å². The predicted molar refractivity (Wildman–Crippen MR) is 85.5 cm³/mol. The molecule has 0 bridgehead atoms. The molecule has 1 aromatic carbocycles. The second-order valence-corrected chi connectivity index (χ2v) is 5.49. The molecule has 4 nitrogen and oxygen atoms in total. The van der Waals surface area contributed by atoms with Crippen LogP contribution in [0.15, 0.2) is 24.3 Å². The molecule has 1 atom stereocenters. The third-order valence-corrected chi connectivity index (χ3v) is 4.42. The summed E-state index contributed by atoms with van der Waals surface area (Å²) in [6.45, 7) is 6.72. The molecule has 0 aliphatic carbocycles. The fraction of sp³-hybridized carbons (Fsp3) is 0.357. The van der Waals surface area contributed by atoms with Gasteiger partial charge in [-0.25, -0.2) is 4.68 Å². The number of halogens is 1. The highest BCUT2D eigenvalue weighted by atomic mass is 127. The molecule has 0 aliphatic rings. The first-order valence-electron chi connectivity index (χ1n) is 6.27. The Hall–Kier alpha value is -1.24. The molecular formula is C14H18IN3O. The number of anilines is 1. The quantitative estimate of drug-likeness (QED) is 0.839. The number of hydrogen-bond donors (Lipinski definition) is 1. The minimum absolute atomic E-state index is 0.109. The minimum atomic E-state index is 0.109. The molecule has 1 aromatic heterocycles. The molecule has 0 aliphatic heterocycles. The van der Waals surface area contributed by atoms with Crippen molar-refractivity contribution in [2.45, 2.75) is 26.8 Å². The minimum Gasteiger partial charge on any atom is -0.494 e. The second kappa shape index (κ2) is 5.81. The molecule has 2 rings (SSSR count). The van der Waals surface area contributed by atoms with Crippen LogP contribution in [0.25, 0.3) is 0 Å². The average Bonchev–Trinajstić information content (AvgIpc) is 2.67. The molecule has 0 spiro atoms. The van der Waals surface area contributed by atoms with E-state index in [1.54, 1.807) is 0 Å². The third kappa shape index (κ3) is 2.86. The summed E-state index contributed by atoms with van der Waals surface area (Å²) >= 11 is 2.23. The van der Waals surface area contributed by atoms with Gasteiger partial charge in [0, 0.05) is 0 Å². The summed E-state index contributed by atoms with van der Waals surface area (Å²) in [6, 6.07) is 8.18. The first-order chi connectivity index (χ1) is 9.04.